The van der Waals surface area contributed by atoms with Crippen molar-refractivity contribution >= 4 is 33.7 Å². The van der Waals surface area contributed by atoms with E-state index in [1.807, 2.05) is 13.0 Å². The number of carboxylic acids is 1. The lowest BCUT2D eigenvalue weighted by molar-refractivity contribution is 0.0696. The van der Waals surface area contributed by atoms with Gasteiger partial charge < -0.3 is 5.11 Å². The fourth-order valence-corrected chi connectivity index (χ4v) is 2.53. The van der Waals surface area contributed by atoms with Gasteiger partial charge in [0.2, 0.25) is 0 Å². The van der Waals surface area contributed by atoms with E-state index in [4.69, 9.17) is 5.11 Å². The number of rotatable bonds is 3. The summed E-state index contributed by atoms with van der Waals surface area (Å²) in [6.07, 6.45) is 3.07. The molecule has 18 heavy (non-hydrogen) atoms. The third kappa shape index (κ3) is 2.88. The van der Waals surface area contributed by atoms with Crippen molar-refractivity contribution in [3.8, 4) is 0 Å². The van der Waals surface area contributed by atoms with Crippen LogP contribution in [0.15, 0.2) is 45.1 Å². The maximum Gasteiger partial charge on any atom is 0.337 e. The van der Waals surface area contributed by atoms with Crippen molar-refractivity contribution in [3.05, 3.63) is 46.2 Å². The van der Waals surface area contributed by atoms with Gasteiger partial charge in [0.05, 0.1) is 10.0 Å². The molecule has 0 spiro atoms. The molecule has 2 rings (SSSR count). The average Bonchev–Trinajstić information content (AvgIpc) is 2.36. The van der Waals surface area contributed by atoms with E-state index in [1.54, 1.807) is 12.3 Å². The molecule has 92 valence electrons. The molecule has 0 aliphatic rings. The second kappa shape index (κ2) is 5.49. The van der Waals surface area contributed by atoms with Crippen LogP contribution < -0.4 is 0 Å². The Bertz CT molecular complexity index is 587. The number of aryl methyl sites for hydroxylation is 1. The van der Waals surface area contributed by atoms with Crippen molar-refractivity contribution in [2.45, 2.75) is 17.0 Å². The highest BCUT2D eigenvalue weighted by Crippen LogP contribution is 2.32. The summed E-state index contributed by atoms with van der Waals surface area (Å²) in [6.45, 7) is 1.98. The molecular weight excluding hydrogens is 316 g/mol. The molecule has 0 fully saturated rings. The average molecular weight is 325 g/mol. The first kappa shape index (κ1) is 13.0. The van der Waals surface area contributed by atoms with Crippen LogP contribution in [0.4, 0.5) is 0 Å². The number of aromatic nitrogens is 2. The number of carboxylic acid groups (broad SMARTS) is 1. The molecule has 0 atom stereocenters. The van der Waals surface area contributed by atoms with Crippen LogP contribution in [-0.2, 0) is 0 Å². The monoisotopic (exact) mass is 324 g/mol. The quantitative estimate of drug-likeness (QED) is 0.937. The summed E-state index contributed by atoms with van der Waals surface area (Å²) in [7, 11) is 0. The lowest BCUT2D eigenvalue weighted by atomic mass is 10.3. The fourth-order valence-electron chi connectivity index (χ4n) is 1.25. The Morgan fingerprint density at radius 2 is 2.11 bits per heavy atom. The van der Waals surface area contributed by atoms with Gasteiger partial charge in [-0.2, -0.15) is 0 Å². The Labute approximate surface area is 117 Å². The minimum Gasteiger partial charge on any atom is -0.478 e. The van der Waals surface area contributed by atoms with Crippen molar-refractivity contribution in [1.82, 2.24) is 9.97 Å². The van der Waals surface area contributed by atoms with E-state index in [2.05, 4.69) is 25.9 Å². The van der Waals surface area contributed by atoms with E-state index in [9.17, 15) is 4.79 Å². The second-order valence-electron chi connectivity index (χ2n) is 3.54. The lowest BCUT2D eigenvalue weighted by Gasteiger charge is -2.04. The van der Waals surface area contributed by atoms with Gasteiger partial charge in [-0.25, -0.2) is 14.8 Å². The van der Waals surface area contributed by atoms with Crippen LogP contribution in [-0.4, -0.2) is 21.0 Å². The molecule has 0 aliphatic heterocycles. The molecule has 0 unspecified atom stereocenters. The fraction of sp³-hybridized carbons (Fsp3) is 0.0833. The molecule has 1 N–H and O–H groups in total. The molecule has 6 heteroatoms. The highest BCUT2D eigenvalue weighted by Gasteiger charge is 2.08. The SMILES string of the molecule is Cc1ccnc(Sc2ccc(C(=O)O)cn2)c1Br. The maximum atomic E-state index is 10.7. The van der Waals surface area contributed by atoms with Gasteiger partial charge in [-0.15, -0.1) is 0 Å². The van der Waals surface area contributed by atoms with Crippen LogP contribution in [0.25, 0.3) is 0 Å². The molecule has 0 radical (unpaired) electrons. The lowest BCUT2D eigenvalue weighted by Crippen LogP contribution is -1.96. The van der Waals surface area contributed by atoms with Crippen LogP contribution in [0, 0.1) is 6.92 Å². The number of halogens is 1. The normalized spacial score (nSPS) is 10.3. The number of hydrogen-bond acceptors (Lipinski definition) is 4. The number of aromatic carboxylic acids is 1. The first-order chi connectivity index (χ1) is 8.58. The summed E-state index contributed by atoms with van der Waals surface area (Å²) in [5.74, 6) is -0.978. The summed E-state index contributed by atoms with van der Waals surface area (Å²) in [5.41, 5.74) is 1.27. The molecule has 4 nitrogen and oxygen atoms in total. The topological polar surface area (TPSA) is 63.1 Å². The van der Waals surface area contributed by atoms with Crippen LogP contribution in [0.5, 0.6) is 0 Å². The molecule has 0 aromatic carbocycles. The summed E-state index contributed by atoms with van der Waals surface area (Å²) in [4.78, 5) is 19.0. The first-order valence-corrected chi connectivity index (χ1v) is 6.67. The van der Waals surface area contributed by atoms with E-state index in [0.29, 0.717) is 5.03 Å². The van der Waals surface area contributed by atoms with Crippen LogP contribution in [0.1, 0.15) is 15.9 Å². The Morgan fingerprint density at radius 1 is 1.33 bits per heavy atom. The summed E-state index contributed by atoms with van der Waals surface area (Å²) in [5, 5.41) is 10.3. The highest BCUT2D eigenvalue weighted by atomic mass is 79.9. The summed E-state index contributed by atoms with van der Waals surface area (Å²) >= 11 is 4.86. The summed E-state index contributed by atoms with van der Waals surface area (Å²) in [6, 6.07) is 5.11. The smallest absolute Gasteiger partial charge is 0.337 e. The van der Waals surface area contributed by atoms with Gasteiger partial charge in [0.15, 0.2) is 0 Å². The third-order valence-electron chi connectivity index (χ3n) is 2.23. The Balaban J connectivity index is 2.24. The van der Waals surface area contributed by atoms with Crippen molar-refractivity contribution < 1.29 is 9.90 Å². The van der Waals surface area contributed by atoms with Gasteiger partial charge in [-0.3, -0.25) is 0 Å². The van der Waals surface area contributed by atoms with Gasteiger partial charge in [0.25, 0.3) is 0 Å². The number of nitrogens with zero attached hydrogens (tertiary/aromatic N) is 2. The van der Waals surface area contributed by atoms with Crippen LogP contribution in [0.3, 0.4) is 0 Å². The number of hydrogen-bond donors (Lipinski definition) is 1. The van der Waals surface area contributed by atoms with Gasteiger partial charge in [-0.05, 0) is 58.4 Å². The van der Waals surface area contributed by atoms with Crippen molar-refractivity contribution in [3.63, 3.8) is 0 Å². The zero-order chi connectivity index (χ0) is 13.1. The third-order valence-corrected chi connectivity index (χ3v) is 4.45. The molecule has 2 heterocycles. The zero-order valence-electron chi connectivity index (χ0n) is 9.42. The molecule has 0 amide bonds. The Kier molecular flexibility index (Phi) is 3.98. The van der Waals surface area contributed by atoms with E-state index in [1.165, 1.54) is 24.0 Å². The minimum atomic E-state index is -0.978. The Morgan fingerprint density at radius 3 is 2.72 bits per heavy atom. The highest BCUT2D eigenvalue weighted by molar-refractivity contribution is 9.10. The van der Waals surface area contributed by atoms with Gasteiger partial charge in [0, 0.05) is 12.4 Å². The van der Waals surface area contributed by atoms with Crippen molar-refractivity contribution in [2.24, 2.45) is 0 Å². The largest absolute Gasteiger partial charge is 0.478 e. The molecule has 0 saturated heterocycles. The molecule has 0 bridgehead atoms. The molecule has 2 aromatic heterocycles. The van der Waals surface area contributed by atoms with E-state index in [0.717, 1.165) is 15.1 Å². The molecule has 0 aliphatic carbocycles. The van der Waals surface area contributed by atoms with Gasteiger partial charge >= 0.3 is 5.97 Å². The van der Waals surface area contributed by atoms with E-state index < -0.39 is 5.97 Å². The predicted octanol–water partition coefficient (Wildman–Crippen LogP) is 3.40. The minimum absolute atomic E-state index is 0.176. The van der Waals surface area contributed by atoms with E-state index >= 15 is 0 Å². The molecule has 0 saturated carbocycles. The van der Waals surface area contributed by atoms with Gasteiger partial charge in [0.1, 0.15) is 10.1 Å². The standard InChI is InChI=1S/C12H9BrN2O2S/c1-7-4-5-14-11(10(7)13)18-9-3-2-8(6-15-9)12(16)17/h2-6H,1H3,(H,16,17). The predicted molar refractivity (Wildman–Crippen MR) is 72.0 cm³/mol. The van der Waals surface area contributed by atoms with Crippen LogP contribution in [0.2, 0.25) is 0 Å². The van der Waals surface area contributed by atoms with Crippen LogP contribution >= 0.6 is 27.7 Å². The maximum absolute atomic E-state index is 10.7. The van der Waals surface area contributed by atoms with E-state index in [-0.39, 0.29) is 5.56 Å². The zero-order valence-corrected chi connectivity index (χ0v) is 11.8. The Hall–Kier alpha value is -1.40. The summed E-state index contributed by atoms with van der Waals surface area (Å²) < 4.78 is 0.930. The number of carbonyl (C=O) groups is 1. The number of pyridine rings is 2. The van der Waals surface area contributed by atoms with Crippen molar-refractivity contribution in [2.75, 3.05) is 0 Å². The van der Waals surface area contributed by atoms with Gasteiger partial charge in [-0.1, -0.05) is 0 Å². The second-order valence-corrected chi connectivity index (χ2v) is 5.34. The first-order valence-electron chi connectivity index (χ1n) is 5.06. The molecule has 2 aromatic rings. The van der Waals surface area contributed by atoms with Crippen molar-refractivity contribution in [1.29, 1.82) is 0 Å². The molecular formula is C12H9BrN2O2S.